The van der Waals surface area contributed by atoms with Crippen molar-refractivity contribution >= 4 is 92.5 Å². The lowest BCUT2D eigenvalue weighted by atomic mass is 9.99. The maximum atomic E-state index is 12.6. The Labute approximate surface area is 867 Å². The van der Waals surface area contributed by atoms with Crippen molar-refractivity contribution < 1.29 is 148 Å². The predicted octanol–water partition coefficient (Wildman–Crippen LogP) is 13.3. The van der Waals surface area contributed by atoms with Gasteiger partial charge >= 0.3 is 29.8 Å². The van der Waals surface area contributed by atoms with E-state index in [-0.39, 0.29) is 67.1 Å². The number of rotatable bonds is 22. The molecule has 11 aliphatic rings. The predicted molar refractivity (Wildman–Crippen MR) is 525 cm³/mol. The minimum Gasteiger partial charge on any atom is -0.457 e. The monoisotopic (exact) mass is 2120 g/mol. The smallest absolute Gasteiger partial charge is 0.305 e. The molecule has 0 aliphatic carbocycles. The molecule has 11 saturated heterocycles. The number of aromatic amines is 1. The van der Waals surface area contributed by atoms with Gasteiger partial charge in [0.25, 0.3) is 17.1 Å². The summed E-state index contributed by atoms with van der Waals surface area (Å²) in [4.78, 5) is 129. The molecule has 11 aliphatic heterocycles. The van der Waals surface area contributed by atoms with Crippen LogP contribution >= 0.6 is 11.6 Å². The van der Waals surface area contributed by atoms with Crippen LogP contribution in [0.5, 0.6) is 0 Å². The number of nitrogens with one attached hydrogen (secondary N) is 3. The van der Waals surface area contributed by atoms with Crippen molar-refractivity contribution in [3.8, 4) is 0 Å². The number of fused-ring (bicyclic) bond motifs is 6. The number of aromatic nitrogens is 8. The van der Waals surface area contributed by atoms with Gasteiger partial charge in [-0.1, -0.05) is 123 Å². The quantitative estimate of drug-likeness (QED) is 0.00916. The molecular weight excluding hydrogens is 1990 g/mol. The third-order valence-corrected chi connectivity index (χ3v) is 24.4. The number of anilines is 2. The number of hydrogen-bond acceptors (Lipinski definition) is 41. The van der Waals surface area contributed by atoms with Crippen molar-refractivity contribution in [1.29, 1.82) is 0 Å². The highest BCUT2D eigenvalue weighted by molar-refractivity contribution is 6.67. The number of benzene rings is 3. The molecule has 816 valence electrons. The van der Waals surface area contributed by atoms with E-state index >= 15 is 0 Å². The highest BCUT2D eigenvalue weighted by atomic mass is 35.5. The minimum absolute atomic E-state index is 0.105. The molecule has 6 N–H and O–H groups in total. The zero-order chi connectivity index (χ0) is 110. The molecule has 2 unspecified atom stereocenters. The van der Waals surface area contributed by atoms with Crippen LogP contribution in [0.2, 0.25) is 0 Å². The average molecular weight is 2120 g/mol. The summed E-state index contributed by atoms with van der Waals surface area (Å²) in [7, 11) is 0. The summed E-state index contributed by atoms with van der Waals surface area (Å²) >= 11 is 5.22. The summed E-state index contributed by atoms with van der Waals surface area (Å²) in [5.41, 5.74) is 39.1. The zero-order valence-electron chi connectivity index (χ0n) is 86.7. The van der Waals surface area contributed by atoms with E-state index in [4.69, 9.17) is 134 Å². The van der Waals surface area contributed by atoms with Crippen molar-refractivity contribution in [2.24, 2.45) is 26.4 Å². The average Bonchev–Trinajstić information content (AvgIpc) is 1.62. The van der Waals surface area contributed by atoms with Crippen LogP contribution in [0.3, 0.4) is 0 Å². The number of esters is 5. The van der Waals surface area contributed by atoms with Gasteiger partial charge in [-0.25, -0.2) is 29.9 Å². The maximum Gasteiger partial charge on any atom is 0.305 e. The number of imidazole rings is 2. The lowest BCUT2D eigenvalue weighted by Gasteiger charge is -2.22. The van der Waals surface area contributed by atoms with Gasteiger partial charge < -0.3 is 126 Å². The first-order valence-corrected chi connectivity index (χ1v) is 48.9. The lowest BCUT2D eigenvalue weighted by Crippen LogP contribution is -2.37. The van der Waals surface area contributed by atoms with E-state index in [1.54, 1.807) is 79.1 Å². The van der Waals surface area contributed by atoms with Crippen molar-refractivity contribution in [3.63, 3.8) is 0 Å². The van der Waals surface area contributed by atoms with Gasteiger partial charge in [-0.05, 0) is 171 Å². The van der Waals surface area contributed by atoms with Gasteiger partial charge in [-0.15, -0.1) is 0 Å². The summed E-state index contributed by atoms with van der Waals surface area (Å²) in [6.45, 7) is 36.3. The van der Waals surface area contributed by atoms with Crippen LogP contribution in [0.25, 0.3) is 64.1 Å². The third kappa shape index (κ3) is 31.6. The van der Waals surface area contributed by atoms with Gasteiger partial charge in [-0.2, -0.15) is 0 Å². The molecule has 54 heteroatoms. The first-order chi connectivity index (χ1) is 71.2. The van der Waals surface area contributed by atoms with Crippen LogP contribution in [0.4, 0.5) is 11.6 Å². The number of halogens is 1. The maximum absolute atomic E-state index is 12.6. The molecule has 0 bridgehead atoms. The Hall–Kier alpha value is -12.5. The molecule has 0 spiro atoms. The molecule has 0 saturated carbocycles. The van der Waals surface area contributed by atoms with Crippen LogP contribution in [0.1, 0.15) is 220 Å². The molecule has 7 aromatic rings. The molecular formula is C96H129ClN22O31. The Morgan fingerprint density at radius 3 is 1.24 bits per heavy atom. The second-order valence-electron chi connectivity index (χ2n) is 37.1. The Kier molecular flexibility index (Phi) is 43.4. The number of hydrogen-bond donors (Lipinski definition) is 6. The van der Waals surface area contributed by atoms with Crippen LogP contribution in [0, 0.1) is 12.8 Å². The number of aliphatic hydroxyl groups is 3. The summed E-state index contributed by atoms with van der Waals surface area (Å²) < 4.78 is 110. The first-order valence-electron chi connectivity index (χ1n) is 48.5. The SMILES string of the molecule is CC1(C)O[C@H]2O[C@H](CO)[C@H](O)[C@H]2O1.CC[C@H]1OC(OC(C)=O)[C@H](OC(C)=O)[C@@H]1N=[N+]=[N-].CC[C@H]1OC(OC(C)=O)[C@H](OC(C)=O)[C@@H]1N=[N+]=[N-].CC[C@H]1O[C@@H](n2cnc3c(NC(=O)c4ccccc4)ncnc32)[C@H](OC(C)=O)[C@@H]1N=[N+]=[N-].CC[C@H]1O[C@@H]2OC(C)(C)O[C@@H]2[C@@H]1N=[N+]=[N-].CC[C@H]1O[C@@H]2OC(C)(C)O[C@@H]2[C@H]1C.CC[C@H]1O[C@@H]2OC(C)(C)O[C@@H]2[C@H]1O.Cc1ccc(C(=O)Cl)cc1.O=C(Nc1ncnc2nc[nH]c12)c1ccccc1. The second-order valence-corrected chi connectivity index (χ2v) is 37.4. The largest absolute Gasteiger partial charge is 0.457 e. The summed E-state index contributed by atoms with van der Waals surface area (Å²) in [6.07, 6.45) is -1.46. The van der Waals surface area contributed by atoms with E-state index in [9.17, 15) is 48.6 Å². The standard InChI is InChI=1S/C20H20N8O4.C12H9N5O.2C10H15N3O5.C10H18O3.C9H15N3O3.C9H16O4.C8H7ClO.C8H14O5/c1-3-13-14(26-27-21)16(31-11(2)29)20(32-13)28-10-24-15-17(22-9-23-18(15)28)25-19(30)12-7-5-4-6-8-12;18-12(8-4-2-1-3-5-8)17-11-9-10(14-6-13-9)15-7-16-11;2*1-4-7-8(12-13-11)9(16-5(2)14)10(18-7)17-6(3)15;1-5-7-6(2)8-9(11-7)13-10(3,4)12-8;1-4-5-6(11-12-10)7-8(13-5)15-9(2,3)14-7;1-4-5-6(10)7-8(11-5)13-9(2,3)12-7;1-6-2-4-7(5-3-6)8(9)10;1-8(2)12-6-5(10)4(3-9)11-7(6)13-8/h4-10,13-14,16,20H,3H2,1-2H3,(H,22,23,25,30);1-7H,(H2,13,14,15,16,17,18);2*7-10H,4H2,1-3H3;6-9H,5H2,1-4H3;5-8H,4H2,1-3H3;5-8,10H,4H2,1-3H3;2-5H,1H3;4-7,9-10H,3H2,1-2H3/t13-,14-,16-,20-;;2*7-,8-,9-,10?;6-,7+,8+,9+;5-,6-,7-,8-;5-,6+,7-,8-;;4-,5+,6-,7-/m1.11011.1/s1. The summed E-state index contributed by atoms with van der Waals surface area (Å²) in [6, 6.07) is 22.4. The van der Waals surface area contributed by atoms with Gasteiger partial charge in [0.15, 0.2) is 101 Å². The summed E-state index contributed by atoms with van der Waals surface area (Å²) in [5.74, 6) is -4.71. The van der Waals surface area contributed by atoms with Crippen molar-refractivity contribution in [2.45, 2.75) is 373 Å². The molecule has 15 heterocycles. The number of nitrogens with zero attached hydrogens (tertiary/aromatic N) is 19. The topological polar surface area (TPSA) is 699 Å². The van der Waals surface area contributed by atoms with Crippen LogP contribution in [-0.2, 0) is 119 Å². The number of azide groups is 4. The number of aryl methyl sites for hydroxylation is 1. The second kappa shape index (κ2) is 54.5. The van der Waals surface area contributed by atoms with E-state index in [2.05, 4.69) is 99.5 Å². The highest BCUT2D eigenvalue weighted by Crippen LogP contribution is 2.45. The Bertz CT molecular complexity index is 5720. The number of amides is 2. The lowest BCUT2D eigenvalue weighted by molar-refractivity contribution is -0.218. The van der Waals surface area contributed by atoms with Crippen LogP contribution < -0.4 is 10.6 Å². The minimum atomic E-state index is -1.04. The fourth-order valence-corrected chi connectivity index (χ4v) is 17.7. The number of carbonyl (C=O) groups excluding carboxylic acids is 8. The number of H-pyrrole nitrogens is 1. The van der Waals surface area contributed by atoms with E-state index in [1.807, 2.05) is 107 Å². The van der Waals surface area contributed by atoms with Crippen molar-refractivity contribution in [1.82, 2.24) is 39.5 Å². The van der Waals surface area contributed by atoms with Gasteiger partial charge in [0, 0.05) is 76.9 Å². The highest BCUT2D eigenvalue weighted by Gasteiger charge is 2.59. The molecule has 2 amide bonds. The molecule has 28 atom stereocenters. The van der Waals surface area contributed by atoms with Gasteiger partial charge in [0.2, 0.25) is 12.6 Å². The molecule has 3 aromatic carbocycles. The molecule has 53 nitrogen and oxygen atoms in total. The van der Waals surface area contributed by atoms with Crippen LogP contribution in [0.15, 0.2) is 131 Å². The normalized spacial score (nSPS) is 30.6. The fourth-order valence-electron chi connectivity index (χ4n) is 17.5. The van der Waals surface area contributed by atoms with Gasteiger partial charge in [0.1, 0.15) is 79.0 Å². The molecule has 4 aromatic heterocycles. The molecule has 18 rings (SSSR count). The van der Waals surface area contributed by atoms with E-state index in [0.29, 0.717) is 76.1 Å². The molecule has 11 fully saturated rings. The van der Waals surface area contributed by atoms with E-state index < -0.39 is 175 Å². The molecule has 150 heavy (non-hydrogen) atoms. The Balaban J connectivity index is 0.000000176. The van der Waals surface area contributed by atoms with Gasteiger partial charge in [0.05, 0.1) is 61.9 Å². The number of aliphatic hydroxyl groups excluding tert-OH is 3. The van der Waals surface area contributed by atoms with E-state index in [1.165, 1.54) is 59.9 Å². The Morgan fingerprint density at radius 2 is 0.807 bits per heavy atom. The first kappa shape index (κ1) is 119. The zero-order valence-corrected chi connectivity index (χ0v) is 87.4. The number of carbonyl (C=O) groups is 8. The van der Waals surface area contributed by atoms with E-state index in [0.717, 1.165) is 24.8 Å². The third-order valence-electron chi connectivity index (χ3n) is 24.2. The summed E-state index contributed by atoms with van der Waals surface area (Å²) in [5, 5.41) is 47.9. The van der Waals surface area contributed by atoms with Crippen LogP contribution in [-0.4, -0.2) is 291 Å². The van der Waals surface area contributed by atoms with Gasteiger partial charge in [-0.3, -0.25) is 42.9 Å². The van der Waals surface area contributed by atoms with Crippen molar-refractivity contribution in [3.05, 3.63) is 174 Å². The molecule has 0 radical (unpaired) electrons. The van der Waals surface area contributed by atoms with Crippen molar-refractivity contribution in [2.75, 3.05) is 17.2 Å². The fraction of sp³-hybridized carbons (Fsp3) is 0.625. The Morgan fingerprint density at radius 1 is 0.433 bits per heavy atom. The number of ether oxygens (including phenoxy) is 20.